The number of thioether (sulfide) groups is 4. The molecule has 2 aromatic heterocycles. The van der Waals surface area contributed by atoms with E-state index in [2.05, 4.69) is 56.6 Å². The highest BCUT2D eigenvalue weighted by molar-refractivity contribution is 7.99. The molecule has 626 valence electrons. The smallest absolute Gasteiger partial charge is 0.307 e. The number of unbranched alkanes of at least 4 members (excludes halogenated alkanes) is 44. The molecule has 0 aliphatic heterocycles. The molecule has 0 spiro atoms. The van der Waals surface area contributed by atoms with Crippen molar-refractivity contribution in [3.63, 3.8) is 0 Å². The Hall–Kier alpha value is -2.38. The van der Waals surface area contributed by atoms with E-state index in [9.17, 15) is 19.2 Å². The molecule has 0 saturated heterocycles. The zero-order valence-corrected chi connectivity index (χ0v) is 73.6. The summed E-state index contributed by atoms with van der Waals surface area (Å²) in [5.74, 6) is 8.44. The molecule has 0 amide bonds. The van der Waals surface area contributed by atoms with Crippen LogP contribution in [0.5, 0.6) is 0 Å². The Kier molecular flexibility index (Phi) is 81.1. The third-order valence-corrected chi connectivity index (χ3v) is 24.4. The van der Waals surface area contributed by atoms with Gasteiger partial charge in [0.15, 0.2) is 0 Å². The number of carbonyl (C=O) groups excluding carboxylic acids is 4. The van der Waals surface area contributed by atoms with Crippen LogP contribution in [0.3, 0.4) is 0 Å². The van der Waals surface area contributed by atoms with E-state index in [-0.39, 0.29) is 23.9 Å². The van der Waals surface area contributed by atoms with Crippen molar-refractivity contribution < 1.29 is 38.1 Å². The molecule has 107 heavy (non-hydrogen) atoms. The maximum atomic E-state index is 12.6. The van der Waals surface area contributed by atoms with Gasteiger partial charge in [-0.25, -0.2) is 9.97 Å². The molecule has 0 atom stereocenters. The molecule has 2 rings (SSSR count). The molecule has 0 unspecified atom stereocenters. The third-order valence-electron chi connectivity index (χ3n) is 20.3. The van der Waals surface area contributed by atoms with Crippen molar-refractivity contribution in [1.82, 2.24) is 28.9 Å². The van der Waals surface area contributed by atoms with Crippen LogP contribution in [0, 0.1) is 6.92 Å². The normalized spacial score (nSPS) is 11.5. The molecule has 2 aromatic rings. The molecule has 0 aliphatic rings. The average Bonchev–Trinajstić information content (AvgIpc) is 1.82. The Morgan fingerprint density at radius 3 is 0.794 bits per heavy atom. The molecule has 0 aliphatic carbocycles. The number of imidazole rings is 2. The van der Waals surface area contributed by atoms with Crippen LogP contribution in [0.4, 0.5) is 0 Å². The Balaban J connectivity index is 0.00000107. The molecule has 0 N–H and O–H groups in total. The molecule has 0 aromatic carbocycles. The summed E-state index contributed by atoms with van der Waals surface area (Å²) in [6, 6.07) is 0. The molecule has 0 bridgehead atoms. The molecule has 18 heteroatoms. The van der Waals surface area contributed by atoms with E-state index in [1.54, 1.807) is 6.20 Å². The van der Waals surface area contributed by atoms with Crippen LogP contribution in [0.1, 0.15) is 380 Å². The highest BCUT2D eigenvalue weighted by atomic mass is 32.2. The van der Waals surface area contributed by atoms with Crippen molar-refractivity contribution in [3.8, 4) is 0 Å². The summed E-state index contributed by atoms with van der Waals surface area (Å²) in [6.07, 6.45) is 78.5. The first-order valence-corrected chi connectivity index (χ1v) is 49.7. The minimum atomic E-state index is -0.150. The van der Waals surface area contributed by atoms with Crippen LogP contribution < -0.4 is 0 Å². The molecule has 0 saturated carbocycles. The first-order chi connectivity index (χ1) is 52.7. The minimum Gasteiger partial charge on any atom is -0.465 e. The van der Waals surface area contributed by atoms with Gasteiger partial charge in [-0.15, -0.1) is 0 Å². The molecular weight excluding hydrogens is 1410 g/mol. The number of nitrogens with zero attached hydrogens (tertiary/aromatic N) is 6. The molecular formula is C89H168N6O8S4. The number of hydrogen-bond donors (Lipinski definition) is 0. The largest absolute Gasteiger partial charge is 0.465 e. The van der Waals surface area contributed by atoms with Gasteiger partial charge in [0.25, 0.3) is 0 Å². The van der Waals surface area contributed by atoms with E-state index in [4.69, 9.17) is 18.9 Å². The van der Waals surface area contributed by atoms with Gasteiger partial charge >= 0.3 is 23.9 Å². The van der Waals surface area contributed by atoms with Crippen LogP contribution >= 0.6 is 47.0 Å². The second kappa shape index (κ2) is 84.5. The number of hydrogen-bond acceptors (Lipinski definition) is 16. The van der Waals surface area contributed by atoms with E-state index < -0.39 is 0 Å². The Morgan fingerprint density at radius 2 is 0.561 bits per heavy atom. The number of aromatic nitrogens is 4. The van der Waals surface area contributed by atoms with Gasteiger partial charge in [-0.3, -0.25) is 19.2 Å². The summed E-state index contributed by atoms with van der Waals surface area (Å²) < 4.78 is 26.4. The number of aryl methyl sites for hydroxylation is 3. The van der Waals surface area contributed by atoms with Crippen molar-refractivity contribution in [2.75, 3.05) is 112 Å². The summed E-state index contributed by atoms with van der Waals surface area (Å²) in [6.45, 7) is 18.8. The predicted octanol–water partition coefficient (Wildman–Crippen LogP) is 24.9. The predicted molar refractivity (Wildman–Crippen MR) is 467 cm³/mol. The Morgan fingerprint density at radius 1 is 0.308 bits per heavy atom. The van der Waals surface area contributed by atoms with Gasteiger partial charge in [0.2, 0.25) is 0 Å². The fourth-order valence-electron chi connectivity index (χ4n) is 13.4. The van der Waals surface area contributed by atoms with Crippen molar-refractivity contribution in [3.05, 3.63) is 36.9 Å². The van der Waals surface area contributed by atoms with Crippen molar-refractivity contribution in [2.45, 2.75) is 394 Å². The zero-order valence-electron chi connectivity index (χ0n) is 70.3. The zero-order chi connectivity index (χ0) is 77.1. The number of rotatable bonds is 84. The van der Waals surface area contributed by atoms with E-state index in [0.29, 0.717) is 78.3 Å². The fourth-order valence-corrected chi connectivity index (χ4v) is 16.7. The number of carbonyl (C=O) groups is 4. The van der Waals surface area contributed by atoms with Crippen LogP contribution in [0.2, 0.25) is 0 Å². The van der Waals surface area contributed by atoms with E-state index in [1.165, 1.54) is 308 Å². The van der Waals surface area contributed by atoms with Crippen LogP contribution in [-0.4, -0.2) is 164 Å². The average molecular weight is 1580 g/mol. The Labute approximate surface area is 676 Å². The quantitative estimate of drug-likeness (QED) is 0.0351. The second-order valence-electron chi connectivity index (χ2n) is 30.2. The molecule has 2 heterocycles. The third kappa shape index (κ3) is 76.0. The van der Waals surface area contributed by atoms with Crippen LogP contribution in [0.15, 0.2) is 31.1 Å². The van der Waals surface area contributed by atoms with Gasteiger partial charge in [0.1, 0.15) is 32.3 Å². The minimum absolute atomic E-state index is 0.149. The molecule has 0 radical (unpaired) electrons. The SMILES string of the molecule is CCCCCCCCCCCCCCSCCOC(=O)CCN(CCCn1ccnc1)CCC(=O)OCCSCCCCCCCCCCCCCC.CCCCCCCCCCCCCCSCCOC(=O)CCN(CCCn1ccnc1C)CCC(=O)OCCSCCCCCCCCCCCCCC. The van der Waals surface area contributed by atoms with Crippen LogP contribution in [-0.2, 0) is 51.2 Å². The number of ether oxygens (including phenoxy) is 4. The Bertz CT molecular complexity index is 2060. The van der Waals surface area contributed by atoms with Crippen LogP contribution in [0.25, 0.3) is 0 Å². The van der Waals surface area contributed by atoms with Gasteiger partial charge in [-0.2, -0.15) is 47.0 Å². The standard InChI is InChI=1S/C45H85N3O4S2.C44H83N3O4S2/c1-4-6-8-10-12-14-16-18-20-22-24-26-39-53-41-37-51-44(49)29-34-47(32-28-33-48-36-31-46-43(48)3)35-30-45(50)52-38-42-54-40-27-25-23-21-19-17-15-13-11-9-7-5-2;1-3-5-7-9-11-13-15-17-19-21-23-25-38-52-40-36-50-43(48)28-33-46(31-27-32-47-35-30-45-42-47)34-29-44(49)51-37-41-53-39-26-24-22-20-18-16-14-12-10-8-6-4-2/h31,36H,4-30,32-35,37-42H2,1-3H3;30,35,42H,3-29,31-34,36-41H2,1-2H3. The van der Waals surface area contributed by atoms with E-state index in [0.717, 1.165) is 90.9 Å². The van der Waals surface area contributed by atoms with Gasteiger partial charge in [-0.1, -0.05) is 310 Å². The highest BCUT2D eigenvalue weighted by Crippen LogP contribution is 2.19. The first-order valence-electron chi connectivity index (χ1n) is 45.0. The topological polar surface area (TPSA) is 147 Å². The monoisotopic (exact) mass is 1580 g/mol. The van der Waals surface area contributed by atoms with Gasteiger partial charge in [-0.05, 0) is 81.5 Å². The van der Waals surface area contributed by atoms with Gasteiger partial charge in [0, 0.05) is 87.1 Å². The summed E-state index contributed by atoms with van der Waals surface area (Å²) in [5.41, 5.74) is 0. The summed E-state index contributed by atoms with van der Waals surface area (Å²) in [7, 11) is 0. The highest BCUT2D eigenvalue weighted by Gasteiger charge is 2.16. The van der Waals surface area contributed by atoms with Gasteiger partial charge in [0.05, 0.1) is 32.0 Å². The lowest BCUT2D eigenvalue weighted by atomic mass is 10.1. The summed E-state index contributed by atoms with van der Waals surface area (Å²) in [4.78, 5) is 63.0. The van der Waals surface area contributed by atoms with Crippen molar-refractivity contribution >= 4 is 70.9 Å². The maximum absolute atomic E-state index is 12.6. The number of esters is 4. The lowest BCUT2D eigenvalue weighted by molar-refractivity contribution is -0.145. The van der Waals surface area contributed by atoms with E-state index >= 15 is 0 Å². The summed E-state index contributed by atoms with van der Waals surface area (Å²) >= 11 is 7.57. The van der Waals surface area contributed by atoms with E-state index in [1.807, 2.05) is 78.9 Å². The maximum Gasteiger partial charge on any atom is 0.307 e. The lowest BCUT2D eigenvalue weighted by Gasteiger charge is -2.22. The molecule has 0 fully saturated rings. The molecule has 14 nitrogen and oxygen atoms in total. The lowest BCUT2D eigenvalue weighted by Crippen LogP contribution is -2.31. The van der Waals surface area contributed by atoms with Crippen molar-refractivity contribution in [1.29, 1.82) is 0 Å². The second-order valence-corrected chi connectivity index (χ2v) is 35.1. The fraction of sp³-hybridized carbons (Fsp3) is 0.888. The van der Waals surface area contributed by atoms with Crippen molar-refractivity contribution in [2.24, 2.45) is 0 Å². The summed E-state index contributed by atoms with van der Waals surface area (Å²) in [5, 5.41) is 0. The van der Waals surface area contributed by atoms with Gasteiger partial charge < -0.3 is 37.9 Å². The first kappa shape index (κ1) is 103.